The van der Waals surface area contributed by atoms with Gasteiger partial charge >= 0.3 is 0 Å². The summed E-state index contributed by atoms with van der Waals surface area (Å²) in [6.07, 6.45) is 0. The van der Waals surface area contributed by atoms with Gasteiger partial charge in [-0.3, -0.25) is 14.3 Å². The molecule has 0 radical (unpaired) electrons. The van der Waals surface area contributed by atoms with E-state index in [-0.39, 0.29) is 24.9 Å². The molecule has 0 fully saturated rings. The number of amides is 2. The minimum atomic E-state index is -1.17. The Bertz CT molecular complexity index is 1400. The topological polar surface area (TPSA) is 76.5 Å². The van der Waals surface area contributed by atoms with Crippen LogP contribution < -0.4 is 10.1 Å². The third kappa shape index (κ3) is 4.85. The number of hydrogen-bond acceptors (Lipinski definition) is 4. The molecule has 1 atom stereocenters. The molecule has 0 unspecified atom stereocenters. The lowest BCUT2D eigenvalue weighted by Gasteiger charge is -2.43. The maximum absolute atomic E-state index is 14.0. The number of fused-ring (bicyclic) bond motifs is 1. The standard InChI is InChI=1S/C30H30N4O3/c1-3-37-27-17-11-10-16-24(27)20-33-28(35)26-18-25(23-14-8-5-9-15-23)32-34(26)21-30(33,2)29(36)31-19-22-12-6-4-7-13-22/h4-18H,3,19-21H2,1-2H3,(H,31,36)/t30-/m1/s1. The maximum Gasteiger partial charge on any atom is 0.273 e. The van der Waals surface area contributed by atoms with Gasteiger partial charge in [-0.25, -0.2) is 0 Å². The monoisotopic (exact) mass is 494 g/mol. The molecular weight excluding hydrogens is 464 g/mol. The molecular formula is C30H30N4O3. The molecule has 2 amide bonds. The van der Waals surface area contributed by atoms with Gasteiger partial charge in [-0.2, -0.15) is 5.10 Å². The number of carbonyl (C=O) groups excluding carboxylic acids is 2. The summed E-state index contributed by atoms with van der Waals surface area (Å²) in [5.74, 6) is 0.222. The van der Waals surface area contributed by atoms with Gasteiger partial charge in [0.25, 0.3) is 5.91 Å². The second-order valence-corrected chi connectivity index (χ2v) is 9.31. The number of hydrogen-bond donors (Lipinski definition) is 1. The molecule has 188 valence electrons. The molecule has 1 N–H and O–H groups in total. The van der Waals surface area contributed by atoms with E-state index in [1.165, 1.54) is 0 Å². The zero-order valence-electron chi connectivity index (χ0n) is 21.1. The highest BCUT2D eigenvalue weighted by Crippen LogP contribution is 2.33. The summed E-state index contributed by atoms with van der Waals surface area (Å²) in [6, 6.07) is 28.9. The highest BCUT2D eigenvalue weighted by molar-refractivity contribution is 6.00. The minimum absolute atomic E-state index is 0.232. The first-order valence-electron chi connectivity index (χ1n) is 12.5. The van der Waals surface area contributed by atoms with Crippen LogP contribution in [0.2, 0.25) is 0 Å². The van der Waals surface area contributed by atoms with Crippen molar-refractivity contribution in [1.29, 1.82) is 0 Å². The largest absolute Gasteiger partial charge is 0.494 e. The molecule has 0 saturated heterocycles. The molecule has 7 heteroatoms. The van der Waals surface area contributed by atoms with E-state index in [1.54, 1.807) is 22.6 Å². The Morgan fingerprint density at radius 3 is 2.41 bits per heavy atom. The predicted octanol–water partition coefficient (Wildman–Crippen LogP) is 4.68. The Hall–Kier alpha value is -4.39. The number of benzene rings is 3. The second-order valence-electron chi connectivity index (χ2n) is 9.31. The first-order chi connectivity index (χ1) is 18.0. The second kappa shape index (κ2) is 10.3. The molecule has 1 aliphatic rings. The Balaban J connectivity index is 1.51. The van der Waals surface area contributed by atoms with E-state index in [0.29, 0.717) is 30.3 Å². The summed E-state index contributed by atoms with van der Waals surface area (Å²) in [7, 11) is 0. The van der Waals surface area contributed by atoms with E-state index in [4.69, 9.17) is 9.84 Å². The van der Waals surface area contributed by atoms with Crippen molar-refractivity contribution in [2.45, 2.75) is 39.0 Å². The van der Waals surface area contributed by atoms with Gasteiger partial charge in [-0.05, 0) is 31.5 Å². The average molecular weight is 495 g/mol. The fourth-order valence-corrected chi connectivity index (χ4v) is 4.71. The van der Waals surface area contributed by atoms with E-state index in [9.17, 15) is 9.59 Å². The molecule has 7 nitrogen and oxygen atoms in total. The first-order valence-corrected chi connectivity index (χ1v) is 12.5. The van der Waals surface area contributed by atoms with E-state index in [0.717, 1.165) is 16.7 Å². The van der Waals surface area contributed by atoms with Gasteiger partial charge in [0.1, 0.15) is 17.0 Å². The van der Waals surface area contributed by atoms with Gasteiger partial charge in [-0.1, -0.05) is 78.9 Å². The summed E-state index contributed by atoms with van der Waals surface area (Å²) >= 11 is 0. The van der Waals surface area contributed by atoms with Gasteiger partial charge in [0.15, 0.2) is 0 Å². The van der Waals surface area contributed by atoms with Crippen LogP contribution >= 0.6 is 0 Å². The summed E-state index contributed by atoms with van der Waals surface area (Å²) < 4.78 is 7.49. The normalized spacial score (nSPS) is 16.8. The average Bonchev–Trinajstić information content (AvgIpc) is 3.36. The Morgan fingerprint density at radius 2 is 1.68 bits per heavy atom. The number of para-hydroxylation sites is 1. The summed E-state index contributed by atoms with van der Waals surface area (Å²) in [4.78, 5) is 29.4. The lowest BCUT2D eigenvalue weighted by molar-refractivity contribution is -0.133. The predicted molar refractivity (Wildman–Crippen MR) is 142 cm³/mol. The first kappa shape index (κ1) is 24.3. The van der Waals surface area contributed by atoms with E-state index in [1.807, 2.05) is 91.9 Å². The number of carbonyl (C=O) groups is 2. The van der Waals surface area contributed by atoms with Gasteiger partial charge in [-0.15, -0.1) is 0 Å². The third-order valence-electron chi connectivity index (χ3n) is 6.75. The molecule has 3 aromatic carbocycles. The van der Waals surface area contributed by atoms with Crippen LogP contribution in [0.4, 0.5) is 0 Å². The van der Waals surface area contributed by atoms with Crippen molar-refractivity contribution >= 4 is 11.8 Å². The summed E-state index contributed by atoms with van der Waals surface area (Å²) in [6.45, 7) is 5.07. The number of nitrogens with zero attached hydrogens (tertiary/aromatic N) is 3. The van der Waals surface area contributed by atoms with Crippen LogP contribution in [-0.2, 0) is 24.4 Å². The zero-order valence-corrected chi connectivity index (χ0v) is 21.1. The quantitative estimate of drug-likeness (QED) is 0.386. The van der Waals surface area contributed by atoms with Crippen molar-refractivity contribution < 1.29 is 14.3 Å². The molecule has 0 bridgehead atoms. The van der Waals surface area contributed by atoms with Crippen LogP contribution in [0.25, 0.3) is 11.3 Å². The van der Waals surface area contributed by atoms with Crippen molar-refractivity contribution in [2.24, 2.45) is 0 Å². The molecule has 1 aromatic heterocycles. The van der Waals surface area contributed by atoms with E-state index in [2.05, 4.69) is 5.32 Å². The molecule has 0 spiro atoms. The van der Waals surface area contributed by atoms with Gasteiger partial charge in [0.2, 0.25) is 5.91 Å². The van der Waals surface area contributed by atoms with Crippen molar-refractivity contribution in [3.05, 3.63) is 108 Å². The Morgan fingerprint density at radius 1 is 1.00 bits per heavy atom. The molecule has 1 aliphatic heterocycles. The Kier molecular flexibility index (Phi) is 6.77. The van der Waals surface area contributed by atoms with E-state index >= 15 is 0 Å². The molecule has 4 aromatic rings. The minimum Gasteiger partial charge on any atom is -0.494 e. The van der Waals surface area contributed by atoms with E-state index < -0.39 is 5.54 Å². The Labute approximate surface area is 216 Å². The fourth-order valence-electron chi connectivity index (χ4n) is 4.71. The van der Waals surface area contributed by atoms with Crippen LogP contribution in [-0.4, -0.2) is 38.6 Å². The maximum atomic E-state index is 14.0. The van der Waals surface area contributed by atoms with Gasteiger partial charge in [0.05, 0.1) is 25.4 Å². The van der Waals surface area contributed by atoms with Crippen molar-refractivity contribution in [2.75, 3.05) is 6.61 Å². The smallest absolute Gasteiger partial charge is 0.273 e. The van der Waals surface area contributed by atoms with Gasteiger partial charge < -0.3 is 15.0 Å². The third-order valence-corrected chi connectivity index (χ3v) is 6.75. The van der Waals surface area contributed by atoms with Crippen LogP contribution in [0.1, 0.15) is 35.5 Å². The lowest BCUT2D eigenvalue weighted by atomic mass is 9.93. The molecule has 0 saturated carbocycles. The molecule has 2 heterocycles. The lowest BCUT2D eigenvalue weighted by Crippen LogP contribution is -2.63. The number of rotatable bonds is 8. The number of ether oxygens (including phenoxy) is 1. The zero-order chi connectivity index (χ0) is 25.8. The molecule has 0 aliphatic carbocycles. The van der Waals surface area contributed by atoms with Crippen molar-refractivity contribution in [3.8, 4) is 17.0 Å². The summed E-state index contributed by atoms with van der Waals surface area (Å²) in [5.41, 5.74) is 2.74. The summed E-state index contributed by atoms with van der Waals surface area (Å²) in [5, 5.41) is 7.77. The fraction of sp³-hybridized carbons (Fsp3) is 0.233. The van der Waals surface area contributed by atoms with Crippen LogP contribution in [0.15, 0.2) is 91.0 Å². The van der Waals surface area contributed by atoms with Crippen molar-refractivity contribution in [3.63, 3.8) is 0 Å². The van der Waals surface area contributed by atoms with Crippen LogP contribution in [0.5, 0.6) is 5.75 Å². The van der Waals surface area contributed by atoms with Crippen molar-refractivity contribution in [1.82, 2.24) is 20.0 Å². The van der Waals surface area contributed by atoms with Gasteiger partial charge in [0, 0.05) is 17.7 Å². The highest BCUT2D eigenvalue weighted by atomic mass is 16.5. The van der Waals surface area contributed by atoms with Crippen LogP contribution in [0, 0.1) is 0 Å². The highest BCUT2D eigenvalue weighted by Gasteiger charge is 2.48. The molecule has 5 rings (SSSR count). The van der Waals surface area contributed by atoms with Crippen LogP contribution in [0.3, 0.4) is 0 Å². The molecule has 37 heavy (non-hydrogen) atoms. The number of aromatic nitrogens is 2. The SMILES string of the molecule is CCOc1ccccc1CN1C(=O)c2cc(-c3ccccc3)nn2C[C@]1(C)C(=O)NCc1ccccc1. The number of nitrogens with one attached hydrogen (secondary N) is 1.